The first kappa shape index (κ1) is 15.2. The van der Waals surface area contributed by atoms with Crippen molar-refractivity contribution in [2.45, 2.75) is 32.2 Å². The smallest absolute Gasteiger partial charge is 0.328 e. The molecule has 1 aliphatic rings. The standard InChI is InChI=1S/C15H19NO5/c1-3-4-5-11(15(18)19-2)16-14(17)10-6-7-12-13(8-10)21-9-20-12/h6-8,11H,3-5,9H2,1-2H3,(H,16,17)/t11-/m1/s1. The number of carbonyl (C=O) groups excluding carboxylic acids is 2. The molecule has 1 aromatic rings. The Balaban J connectivity index is 2.05. The molecule has 0 bridgehead atoms. The molecule has 1 aliphatic heterocycles. The molecular weight excluding hydrogens is 274 g/mol. The number of nitrogens with one attached hydrogen (secondary N) is 1. The van der Waals surface area contributed by atoms with Crippen LogP contribution < -0.4 is 14.8 Å². The van der Waals surface area contributed by atoms with Gasteiger partial charge < -0.3 is 19.5 Å². The van der Waals surface area contributed by atoms with Crippen LogP contribution in [0.15, 0.2) is 18.2 Å². The van der Waals surface area contributed by atoms with Gasteiger partial charge in [-0.1, -0.05) is 19.8 Å². The molecule has 0 saturated carbocycles. The minimum atomic E-state index is -0.632. The van der Waals surface area contributed by atoms with Crippen molar-refractivity contribution in [3.8, 4) is 11.5 Å². The number of benzene rings is 1. The van der Waals surface area contributed by atoms with Gasteiger partial charge in [-0.3, -0.25) is 4.79 Å². The molecule has 2 rings (SSSR count). The van der Waals surface area contributed by atoms with Crippen molar-refractivity contribution in [3.05, 3.63) is 23.8 Å². The van der Waals surface area contributed by atoms with Gasteiger partial charge in [-0.25, -0.2) is 4.79 Å². The first-order valence-electron chi connectivity index (χ1n) is 6.94. The van der Waals surface area contributed by atoms with Crippen molar-refractivity contribution < 1.29 is 23.8 Å². The van der Waals surface area contributed by atoms with E-state index in [0.717, 1.165) is 12.8 Å². The molecule has 1 heterocycles. The zero-order valence-electron chi connectivity index (χ0n) is 12.2. The molecule has 6 heteroatoms. The molecule has 1 amide bonds. The molecule has 0 aliphatic carbocycles. The Hall–Kier alpha value is -2.24. The lowest BCUT2D eigenvalue weighted by Crippen LogP contribution is -2.41. The highest BCUT2D eigenvalue weighted by Crippen LogP contribution is 2.32. The maximum absolute atomic E-state index is 12.2. The van der Waals surface area contributed by atoms with Crippen molar-refractivity contribution in [1.82, 2.24) is 5.32 Å². The fraction of sp³-hybridized carbons (Fsp3) is 0.467. The van der Waals surface area contributed by atoms with E-state index in [1.807, 2.05) is 6.92 Å². The summed E-state index contributed by atoms with van der Waals surface area (Å²) in [4.78, 5) is 23.9. The van der Waals surface area contributed by atoms with Crippen LogP contribution in [0.5, 0.6) is 11.5 Å². The van der Waals surface area contributed by atoms with E-state index in [0.29, 0.717) is 23.5 Å². The third kappa shape index (κ3) is 3.65. The second-order valence-electron chi connectivity index (χ2n) is 4.76. The number of amides is 1. The summed E-state index contributed by atoms with van der Waals surface area (Å²) in [6.07, 6.45) is 2.33. The van der Waals surface area contributed by atoms with Crippen LogP contribution in [0.25, 0.3) is 0 Å². The molecule has 6 nitrogen and oxygen atoms in total. The van der Waals surface area contributed by atoms with Crippen LogP contribution in [-0.2, 0) is 9.53 Å². The van der Waals surface area contributed by atoms with Gasteiger partial charge in [0.2, 0.25) is 6.79 Å². The molecule has 0 saturated heterocycles. The van der Waals surface area contributed by atoms with E-state index in [-0.39, 0.29) is 12.7 Å². The van der Waals surface area contributed by atoms with Crippen molar-refractivity contribution in [3.63, 3.8) is 0 Å². The SMILES string of the molecule is CCCC[C@@H](NC(=O)c1ccc2c(c1)OCO2)C(=O)OC. The zero-order chi connectivity index (χ0) is 15.2. The largest absolute Gasteiger partial charge is 0.467 e. The van der Waals surface area contributed by atoms with Gasteiger partial charge >= 0.3 is 5.97 Å². The first-order valence-corrected chi connectivity index (χ1v) is 6.94. The van der Waals surface area contributed by atoms with Crippen molar-refractivity contribution in [2.24, 2.45) is 0 Å². The molecule has 0 fully saturated rings. The summed E-state index contributed by atoms with van der Waals surface area (Å²) in [7, 11) is 1.31. The van der Waals surface area contributed by atoms with Crippen molar-refractivity contribution >= 4 is 11.9 Å². The number of ether oxygens (including phenoxy) is 3. The summed E-state index contributed by atoms with van der Waals surface area (Å²) in [5.74, 6) is 0.380. The predicted octanol–water partition coefficient (Wildman–Crippen LogP) is 1.88. The Morgan fingerprint density at radius 3 is 2.81 bits per heavy atom. The van der Waals surface area contributed by atoms with Crippen molar-refractivity contribution in [2.75, 3.05) is 13.9 Å². The number of hydrogen-bond acceptors (Lipinski definition) is 5. The third-order valence-electron chi connectivity index (χ3n) is 3.27. The fourth-order valence-corrected chi connectivity index (χ4v) is 2.08. The van der Waals surface area contributed by atoms with E-state index in [4.69, 9.17) is 14.2 Å². The first-order chi connectivity index (χ1) is 10.2. The van der Waals surface area contributed by atoms with Gasteiger partial charge in [0.25, 0.3) is 5.91 Å². The summed E-state index contributed by atoms with van der Waals surface area (Å²) in [6, 6.07) is 4.28. The average Bonchev–Trinajstić information content (AvgIpc) is 2.97. The summed E-state index contributed by atoms with van der Waals surface area (Å²) in [5, 5.41) is 2.70. The quantitative estimate of drug-likeness (QED) is 0.811. The van der Waals surface area contributed by atoms with E-state index >= 15 is 0 Å². The van der Waals surface area contributed by atoms with Crippen molar-refractivity contribution in [1.29, 1.82) is 0 Å². The number of rotatable bonds is 6. The van der Waals surface area contributed by atoms with Crippen LogP contribution in [0, 0.1) is 0 Å². The number of carbonyl (C=O) groups is 2. The van der Waals surface area contributed by atoms with Gasteiger partial charge in [-0.2, -0.15) is 0 Å². The van der Waals surface area contributed by atoms with Crippen LogP contribution in [0.1, 0.15) is 36.5 Å². The Morgan fingerprint density at radius 1 is 1.33 bits per heavy atom. The second-order valence-corrected chi connectivity index (χ2v) is 4.76. The van der Waals surface area contributed by atoms with E-state index in [2.05, 4.69) is 5.32 Å². The molecule has 1 atom stereocenters. The van der Waals surface area contributed by atoms with E-state index < -0.39 is 12.0 Å². The highest BCUT2D eigenvalue weighted by Gasteiger charge is 2.23. The number of fused-ring (bicyclic) bond motifs is 1. The van der Waals surface area contributed by atoms with Gasteiger partial charge in [-0.15, -0.1) is 0 Å². The van der Waals surface area contributed by atoms with Gasteiger partial charge in [0, 0.05) is 5.56 Å². The topological polar surface area (TPSA) is 73.9 Å². The predicted molar refractivity (Wildman–Crippen MR) is 75.4 cm³/mol. The average molecular weight is 293 g/mol. The normalized spacial score (nSPS) is 13.6. The zero-order valence-corrected chi connectivity index (χ0v) is 12.2. The lowest BCUT2D eigenvalue weighted by molar-refractivity contribution is -0.143. The lowest BCUT2D eigenvalue weighted by Gasteiger charge is -2.16. The molecule has 0 radical (unpaired) electrons. The Bertz CT molecular complexity index is 529. The number of methoxy groups -OCH3 is 1. The molecule has 0 unspecified atom stereocenters. The van der Waals surface area contributed by atoms with Gasteiger partial charge in [-0.05, 0) is 24.6 Å². The van der Waals surface area contributed by atoms with E-state index in [1.165, 1.54) is 7.11 Å². The van der Waals surface area contributed by atoms with Crippen LogP contribution in [0.4, 0.5) is 0 Å². The summed E-state index contributed by atoms with van der Waals surface area (Å²) >= 11 is 0. The Labute approximate surface area is 123 Å². The number of esters is 1. The molecule has 1 N–H and O–H groups in total. The van der Waals surface area contributed by atoms with Crippen LogP contribution in [-0.4, -0.2) is 31.8 Å². The number of unbranched alkanes of at least 4 members (excludes halogenated alkanes) is 1. The Kier molecular flexibility index (Phi) is 5.03. The summed E-state index contributed by atoms with van der Waals surface area (Å²) in [5.41, 5.74) is 0.421. The molecular formula is C15H19NO5. The molecule has 21 heavy (non-hydrogen) atoms. The Morgan fingerprint density at radius 2 is 2.10 bits per heavy atom. The maximum atomic E-state index is 12.2. The molecule has 0 spiro atoms. The van der Waals surface area contributed by atoms with Crippen LogP contribution in [0.3, 0.4) is 0 Å². The lowest BCUT2D eigenvalue weighted by atomic mass is 10.1. The second kappa shape index (κ2) is 6.97. The fourth-order valence-electron chi connectivity index (χ4n) is 2.08. The molecule has 1 aromatic carbocycles. The minimum absolute atomic E-state index is 0.154. The third-order valence-corrected chi connectivity index (χ3v) is 3.27. The van der Waals surface area contributed by atoms with Crippen LogP contribution >= 0.6 is 0 Å². The van der Waals surface area contributed by atoms with Gasteiger partial charge in [0.15, 0.2) is 11.5 Å². The summed E-state index contributed by atoms with van der Waals surface area (Å²) < 4.78 is 15.2. The maximum Gasteiger partial charge on any atom is 0.328 e. The monoisotopic (exact) mass is 293 g/mol. The summed E-state index contributed by atoms with van der Waals surface area (Å²) in [6.45, 7) is 2.18. The van der Waals surface area contributed by atoms with Gasteiger partial charge in [0.05, 0.1) is 7.11 Å². The van der Waals surface area contributed by atoms with E-state index in [1.54, 1.807) is 18.2 Å². The van der Waals surface area contributed by atoms with Crippen LogP contribution in [0.2, 0.25) is 0 Å². The minimum Gasteiger partial charge on any atom is -0.467 e. The number of hydrogen-bond donors (Lipinski definition) is 1. The molecule has 114 valence electrons. The highest BCUT2D eigenvalue weighted by molar-refractivity contribution is 5.97. The molecule has 0 aromatic heterocycles. The highest BCUT2D eigenvalue weighted by atomic mass is 16.7. The van der Waals surface area contributed by atoms with E-state index in [9.17, 15) is 9.59 Å². The van der Waals surface area contributed by atoms with Gasteiger partial charge in [0.1, 0.15) is 6.04 Å².